The van der Waals surface area contributed by atoms with Gasteiger partial charge in [0.25, 0.3) is 0 Å². The first-order valence-electron chi connectivity index (χ1n) is 9.22. The second kappa shape index (κ2) is 8.40. The molecule has 3 rings (SSSR count). The van der Waals surface area contributed by atoms with Gasteiger partial charge in [0.2, 0.25) is 5.69 Å². The Kier molecular flexibility index (Phi) is 5.97. The van der Waals surface area contributed by atoms with Crippen LogP contribution in [0, 0.1) is 12.7 Å². The van der Waals surface area contributed by atoms with E-state index >= 15 is 0 Å². The summed E-state index contributed by atoms with van der Waals surface area (Å²) in [5, 5.41) is 0. The molecule has 27 heavy (non-hydrogen) atoms. The molecule has 0 spiro atoms. The van der Waals surface area contributed by atoms with E-state index in [1.54, 1.807) is 25.4 Å². The highest BCUT2D eigenvalue weighted by Crippen LogP contribution is 2.35. The molecule has 0 saturated heterocycles. The van der Waals surface area contributed by atoms with E-state index < -0.39 is 0 Å². The van der Waals surface area contributed by atoms with Gasteiger partial charge in [0.15, 0.2) is 12.2 Å². The predicted molar refractivity (Wildman–Crippen MR) is 105 cm³/mol. The molecular formula is C23H26FN2O+. The fraction of sp³-hybridized carbons (Fsp3) is 0.304. The Labute approximate surface area is 160 Å². The van der Waals surface area contributed by atoms with Crippen LogP contribution in [0.1, 0.15) is 42.6 Å². The molecular weight excluding hydrogens is 339 g/mol. The zero-order valence-corrected chi connectivity index (χ0v) is 16.3. The van der Waals surface area contributed by atoms with Gasteiger partial charge in [-0.05, 0) is 49.2 Å². The van der Waals surface area contributed by atoms with Crippen LogP contribution < -0.4 is 4.57 Å². The Balaban J connectivity index is 2.08. The van der Waals surface area contributed by atoms with Crippen LogP contribution in [-0.4, -0.2) is 12.1 Å². The summed E-state index contributed by atoms with van der Waals surface area (Å²) in [6, 6.07) is 15.3. The molecule has 4 heteroatoms. The number of hydrogen-bond donors (Lipinski definition) is 0. The van der Waals surface area contributed by atoms with E-state index in [0.29, 0.717) is 6.61 Å². The molecule has 0 aliphatic heterocycles. The van der Waals surface area contributed by atoms with Gasteiger partial charge >= 0.3 is 0 Å². The van der Waals surface area contributed by atoms with Crippen LogP contribution in [0.25, 0.3) is 11.3 Å². The van der Waals surface area contributed by atoms with Crippen molar-refractivity contribution in [3.63, 3.8) is 0 Å². The number of halogens is 1. The largest absolute Gasteiger partial charge is 0.374 e. The molecule has 2 heterocycles. The summed E-state index contributed by atoms with van der Waals surface area (Å²) in [6.07, 6.45) is 3.83. The first-order chi connectivity index (χ1) is 13.0. The molecule has 0 aliphatic carbocycles. The SMILES string of the molecule is COCc1cccc[n+]1[C@@H](C)C(C)c1cc(F)cc(C)c1-c1ccccn1. The summed E-state index contributed by atoms with van der Waals surface area (Å²) in [7, 11) is 1.69. The van der Waals surface area contributed by atoms with Gasteiger partial charge in [-0.25, -0.2) is 4.39 Å². The summed E-state index contributed by atoms with van der Waals surface area (Å²) in [4.78, 5) is 4.51. The maximum Gasteiger partial charge on any atom is 0.207 e. The standard InChI is InChI=1S/C23H26FN2O/c1-16-13-19(24)14-21(23(16)22-10-5-7-11-25-22)17(2)18(3)26-12-8-6-9-20(26)15-27-4/h5-14,17-18H,15H2,1-4H3/q+1/t17?,18-/m0/s1. The van der Waals surface area contributed by atoms with Crippen molar-refractivity contribution in [2.45, 2.75) is 39.3 Å². The van der Waals surface area contributed by atoms with Crippen LogP contribution in [0.2, 0.25) is 0 Å². The van der Waals surface area contributed by atoms with Gasteiger partial charge in [0, 0.05) is 36.9 Å². The molecule has 0 aliphatic rings. The lowest BCUT2D eigenvalue weighted by atomic mass is 9.86. The maximum absolute atomic E-state index is 14.3. The van der Waals surface area contributed by atoms with Crippen molar-refractivity contribution < 1.29 is 13.7 Å². The van der Waals surface area contributed by atoms with Gasteiger partial charge in [0.1, 0.15) is 12.4 Å². The number of rotatable bonds is 6. The topological polar surface area (TPSA) is 26.0 Å². The minimum absolute atomic E-state index is 0.0828. The highest BCUT2D eigenvalue weighted by Gasteiger charge is 2.28. The average Bonchev–Trinajstić information content (AvgIpc) is 2.67. The third-order valence-electron chi connectivity index (χ3n) is 5.18. The van der Waals surface area contributed by atoms with Crippen LogP contribution in [0.3, 0.4) is 0 Å². The number of methoxy groups -OCH3 is 1. The molecule has 0 radical (unpaired) electrons. The molecule has 3 nitrogen and oxygen atoms in total. The van der Waals surface area contributed by atoms with Gasteiger partial charge in [-0.15, -0.1) is 0 Å². The molecule has 1 unspecified atom stereocenters. The van der Waals surface area contributed by atoms with E-state index in [-0.39, 0.29) is 17.8 Å². The molecule has 0 bridgehead atoms. The number of hydrogen-bond acceptors (Lipinski definition) is 2. The summed E-state index contributed by atoms with van der Waals surface area (Å²) in [6.45, 7) is 6.78. The van der Waals surface area contributed by atoms with E-state index in [1.165, 1.54) is 0 Å². The van der Waals surface area contributed by atoms with E-state index in [4.69, 9.17) is 4.74 Å². The molecule has 0 fully saturated rings. The first kappa shape index (κ1) is 19.2. The maximum atomic E-state index is 14.3. The van der Waals surface area contributed by atoms with E-state index in [1.807, 2.05) is 37.3 Å². The van der Waals surface area contributed by atoms with Gasteiger partial charge in [-0.3, -0.25) is 4.98 Å². The summed E-state index contributed by atoms with van der Waals surface area (Å²) < 4.78 is 21.9. The minimum atomic E-state index is -0.212. The first-order valence-corrected chi connectivity index (χ1v) is 9.22. The fourth-order valence-electron chi connectivity index (χ4n) is 3.65. The van der Waals surface area contributed by atoms with Crippen LogP contribution >= 0.6 is 0 Å². The van der Waals surface area contributed by atoms with Gasteiger partial charge < -0.3 is 4.74 Å². The summed E-state index contributed by atoms with van der Waals surface area (Å²) in [5.74, 6) is -0.129. The monoisotopic (exact) mass is 365 g/mol. The Morgan fingerprint density at radius 1 is 1.11 bits per heavy atom. The second-order valence-corrected chi connectivity index (χ2v) is 6.96. The molecule has 2 aromatic heterocycles. The van der Waals surface area contributed by atoms with E-state index in [2.05, 4.69) is 35.7 Å². The second-order valence-electron chi connectivity index (χ2n) is 6.96. The summed E-state index contributed by atoms with van der Waals surface area (Å²) >= 11 is 0. The molecule has 2 atom stereocenters. The number of aryl methyl sites for hydroxylation is 1. The number of aromatic nitrogens is 2. The number of benzene rings is 1. The predicted octanol–water partition coefficient (Wildman–Crippen LogP) is 4.99. The quantitative estimate of drug-likeness (QED) is 0.575. The van der Waals surface area contributed by atoms with Crippen molar-refractivity contribution in [2.24, 2.45) is 0 Å². The lowest BCUT2D eigenvalue weighted by molar-refractivity contribution is -0.730. The Hall–Kier alpha value is -2.59. The smallest absolute Gasteiger partial charge is 0.207 e. The van der Waals surface area contributed by atoms with Crippen LogP contribution in [0.15, 0.2) is 60.9 Å². The Morgan fingerprint density at radius 2 is 1.89 bits per heavy atom. The Bertz CT molecular complexity index is 912. The lowest BCUT2D eigenvalue weighted by Gasteiger charge is -2.22. The summed E-state index contributed by atoms with van der Waals surface area (Å²) in [5.41, 5.74) is 4.85. The van der Waals surface area contributed by atoms with Gasteiger partial charge in [-0.1, -0.05) is 19.1 Å². The lowest BCUT2D eigenvalue weighted by Crippen LogP contribution is -2.44. The molecule has 0 N–H and O–H groups in total. The van der Waals surface area contributed by atoms with Crippen LogP contribution in [0.4, 0.5) is 4.39 Å². The average molecular weight is 365 g/mol. The van der Waals surface area contributed by atoms with Crippen molar-refractivity contribution in [3.8, 4) is 11.3 Å². The van der Waals surface area contributed by atoms with Crippen molar-refractivity contribution in [1.29, 1.82) is 0 Å². The zero-order valence-electron chi connectivity index (χ0n) is 16.3. The number of nitrogens with zero attached hydrogens (tertiary/aromatic N) is 2. The van der Waals surface area contributed by atoms with Crippen molar-refractivity contribution in [3.05, 3.63) is 83.6 Å². The highest BCUT2D eigenvalue weighted by atomic mass is 19.1. The van der Waals surface area contributed by atoms with Crippen molar-refractivity contribution >= 4 is 0 Å². The van der Waals surface area contributed by atoms with E-state index in [0.717, 1.165) is 28.1 Å². The molecule has 0 saturated carbocycles. The third kappa shape index (κ3) is 4.06. The number of pyridine rings is 2. The third-order valence-corrected chi connectivity index (χ3v) is 5.18. The molecule has 140 valence electrons. The normalized spacial score (nSPS) is 13.4. The van der Waals surface area contributed by atoms with Crippen molar-refractivity contribution in [1.82, 2.24) is 4.98 Å². The van der Waals surface area contributed by atoms with Gasteiger partial charge in [-0.2, -0.15) is 4.57 Å². The molecule has 0 amide bonds. The van der Waals surface area contributed by atoms with E-state index in [9.17, 15) is 4.39 Å². The van der Waals surface area contributed by atoms with Crippen LogP contribution in [0.5, 0.6) is 0 Å². The zero-order chi connectivity index (χ0) is 19.4. The van der Waals surface area contributed by atoms with Crippen LogP contribution in [-0.2, 0) is 11.3 Å². The molecule has 1 aromatic carbocycles. The molecule has 3 aromatic rings. The fourth-order valence-corrected chi connectivity index (χ4v) is 3.65. The minimum Gasteiger partial charge on any atom is -0.374 e. The highest BCUT2D eigenvalue weighted by molar-refractivity contribution is 5.68. The Morgan fingerprint density at radius 3 is 2.59 bits per heavy atom. The number of ether oxygens (including phenoxy) is 1. The van der Waals surface area contributed by atoms with Crippen molar-refractivity contribution in [2.75, 3.05) is 7.11 Å². The van der Waals surface area contributed by atoms with Gasteiger partial charge in [0.05, 0.1) is 5.69 Å².